The molecule has 0 aromatic heterocycles. The number of hydrogen-bond donors (Lipinski definition) is 0. The van der Waals surface area contributed by atoms with Crippen molar-refractivity contribution in [2.75, 3.05) is 19.4 Å². The van der Waals surface area contributed by atoms with Gasteiger partial charge in [-0.15, -0.1) is 11.8 Å². The van der Waals surface area contributed by atoms with Gasteiger partial charge in [0.2, 0.25) is 5.91 Å². The number of carbonyl (C=O) groups excluding carboxylic acids is 1. The molecule has 0 N–H and O–H groups in total. The van der Waals surface area contributed by atoms with Gasteiger partial charge in [-0.1, -0.05) is 24.3 Å². The van der Waals surface area contributed by atoms with Crippen LogP contribution >= 0.6 is 11.8 Å². The molecule has 2 aromatic carbocycles. The van der Waals surface area contributed by atoms with E-state index in [-0.39, 0.29) is 17.1 Å². The Bertz CT molecular complexity index is 771. The van der Waals surface area contributed by atoms with Crippen molar-refractivity contribution in [3.05, 3.63) is 65.5 Å². The number of benzene rings is 2. The molecule has 2 aromatic rings. The van der Waals surface area contributed by atoms with E-state index < -0.39 is 5.41 Å². The van der Waals surface area contributed by atoms with Crippen LogP contribution in [0.25, 0.3) is 0 Å². The lowest BCUT2D eigenvalue weighted by molar-refractivity contribution is -0.134. The van der Waals surface area contributed by atoms with E-state index >= 15 is 0 Å². The molecule has 25 heavy (non-hydrogen) atoms. The summed E-state index contributed by atoms with van der Waals surface area (Å²) in [6.45, 7) is 0.753. The van der Waals surface area contributed by atoms with Gasteiger partial charge in [0.15, 0.2) is 0 Å². The summed E-state index contributed by atoms with van der Waals surface area (Å²) in [5.41, 5.74) is 1.60. The zero-order chi connectivity index (χ0) is 17.4. The first-order valence-electron chi connectivity index (χ1n) is 8.47. The van der Waals surface area contributed by atoms with Gasteiger partial charge in [-0.2, -0.15) is 0 Å². The first kappa shape index (κ1) is 16.5. The maximum absolute atomic E-state index is 13.3. The van der Waals surface area contributed by atoms with Crippen LogP contribution in [0, 0.1) is 5.82 Å². The molecule has 1 aliphatic carbocycles. The van der Waals surface area contributed by atoms with Gasteiger partial charge >= 0.3 is 0 Å². The summed E-state index contributed by atoms with van der Waals surface area (Å²) < 4.78 is 18.5. The van der Waals surface area contributed by atoms with Crippen LogP contribution in [0.5, 0.6) is 5.75 Å². The van der Waals surface area contributed by atoms with E-state index in [2.05, 4.69) is 0 Å². The Balaban J connectivity index is 1.59. The van der Waals surface area contributed by atoms with Crippen LogP contribution in [-0.4, -0.2) is 30.2 Å². The van der Waals surface area contributed by atoms with E-state index in [0.29, 0.717) is 0 Å². The van der Waals surface area contributed by atoms with Crippen LogP contribution in [0.3, 0.4) is 0 Å². The second-order valence-electron chi connectivity index (χ2n) is 6.58. The lowest BCUT2D eigenvalue weighted by Crippen LogP contribution is -2.38. The second kappa shape index (κ2) is 6.37. The molecule has 1 aliphatic heterocycles. The Hall–Kier alpha value is -2.01. The van der Waals surface area contributed by atoms with Crippen LogP contribution in [0.4, 0.5) is 4.39 Å². The number of nitrogens with zero attached hydrogens (tertiary/aromatic N) is 1. The highest BCUT2D eigenvalue weighted by molar-refractivity contribution is 7.99. The van der Waals surface area contributed by atoms with Crippen LogP contribution < -0.4 is 4.74 Å². The Morgan fingerprint density at radius 3 is 2.44 bits per heavy atom. The smallest absolute Gasteiger partial charge is 0.234 e. The van der Waals surface area contributed by atoms with Gasteiger partial charge in [-0.25, -0.2) is 4.39 Å². The summed E-state index contributed by atoms with van der Waals surface area (Å²) in [4.78, 5) is 15.3. The van der Waals surface area contributed by atoms with Crippen molar-refractivity contribution in [3.63, 3.8) is 0 Å². The third kappa shape index (κ3) is 2.91. The zero-order valence-electron chi connectivity index (χ0n) is 14.1. The Morgan fingerprint density at radius 2 is 1.84 bits per heavy atom. The largest absolute Gasteiger partial charge is 0.497 e. The van der Waals surface area contributed by atoms with Gasteiger partial charge in [0.1, 0.15) is 16.9 Å². The molecular formula is C20H20FNO2S. The van der Waals surface area contributed by atoms with Crippen molar-refractivity contribution >= 4 is 17.7 Å². The van der Waals surface area contributed by atoms with Crippen molar-refractivity contribution in [2.45, 2.75) is 23.6 Å². The lowest BCUT2D eigenvalue weighted by Gasteiger charge is -2.29. The molecule has 1 unspecified atom stereocenters. The SMILES string of the molecule is COc1ccc(C2SCCN2C(=O)C2(c3ccc(F)cc3)CC2)cc1. The standard InChI is InChI=1S/C20H20FNO2S/c1-24-17-8-2-14(3-9-17)18-22(12-13-25-18)19(23)20(10-11-20)15-4-6-16(21)7-5-15/h2-9,18H,10-13H2,1H3. The van der Waals surface area contributed by atoms with Crippen molar-refractivity contribution in [1.82, 2.24) is 4.90 Å². The fraction of sp³-hybridized carbons (Fsp3) is 0.350. The van der Waals surface area contributed by atoms with Crippen molar-refractivity contribution in [1.29, 1.82) is 0 Å². The molecule has 0 bridgehead atoms. The van der Waals surface area contributed by atoms with Crippen molar-refractivity contribution in [2.24, 2.45) is 0 Å². The van der Waals surface area contributed by atoms with Gasteiger partial charge in [0.05, 0.1) is 12.5 Å². The third-order valence-electron chi connectivity index (χ3n) is 5.11. The van der Waals surface area contributed by atoms with Gasteiger partial charge in [-0.3, -0.25) is 4.79 Å². The van der Waals surface area contributed by atoms with E-state index in [1.807, 2.05) is 29.2 Å². The van der Waals surface area contributed by atoms with E-state index in [4.69, 9.17) is 4.74 Å². The first-order chi connectivity index (χ1) is 12.1. The topological polar surface area (TPSA) is 29.5 Å². The van der Waals surface area contributed by atoms with Crippen LogP contribution in [0.15, 0.2) is 48.5 Å². The van der Waals surface area contributed by atoms with Gasteiger partial charge in [0.25, 0.3) is 0 Å². The summed E-state index contributed by atoms with van der Waals surface area (Å²) in [5, 5.41) is 0.0383. The number of carbonyl (C=O) groups is 1. The number of amides is 1. The van der Waals surface area contributed by atoms with E-state index in [9.17, 15) is 9.18 Å². The molecule has 0 spiro atoms. The molecule has 4 rings (SSSR count). The highest BCUT2D eigenvalue weighted by atomic mass is 32.2. The molecule has 1 saturated carbocycles. The summed E-state index contributed by atoms with van der Waals surface area (Å²) in [7, 11) is 1.65. The van der Waals surface area contributed by atoms with Crippen LogP contribution in [0.2, 0.25) is 0 Å². The molecule has 1 saturated heterocycles. The molecule has 0 radical (unpaired) electrons. The monoisotopic (exact) mass is 357 g/mol. The number of thioether (sulfide) groups is 1. The molecular weight excluding hydrogens is 337 g/mol. The highest BCUT2D eigenvalue weighted by Crippen LogP contribution is 2.52. The van der Waals surface area contributed by atoms with Crippen molar-refractivity contribution < 1.29 is 13.9 Å². The first-order valence-corrected chi connectivity index (χ1v) is 9.52. The Morgan fingerprint density at radius 1 is 1.16 bits per heavy atom. The van der Waals surface area contributed by atoms with Crippen LogP contribution in [0.1, 0.15) is 29.3 Å². The van der Waals surface area contributed by atoms with Gasteiger partial charge in [-0.05, 0) is 48.2 Å². The molecule has 1 amide bonds. The minimum atomic E-state index is -0.455. The highest BCUT2D eigenvalue weighted by Gasteiger charge is 2.54. The fourth-order valence-corrected chi connectivity index (χ4v) is 4.77. The molecule has 2 fully saturated rings. The Kier molecular flexibility index (Phi) is 4.20. The average Bonchev–Trinajstić information content (AvgIpc) is 3.31. The Labute approximate surface area is 151 Å². The normalized spacial score (nSPS) is 21.2. The van der Waals surface area contributed by atoms with Crippen molar-refractivity contribution in [3.8, 4) is 5.75 Å². The predicted molar refractivity (Wildman–Crippen MR) is 97.2 cm³/mol. The summed E-state index contributed by atoms with van der Waals surface area (Å²) >= 11 is 1.79. The molecule has 130 valence electrons. The molecule has 1 atom stereocenters. The van der Waals surface area contributed by atoms with Gasteiger partial charge < -0.3 is 9.64 Å². The minimum absolute atomic E-state index is 0.0383. The molecule has 3 nitrogen and oxygen atoms in total. The number of ether oxygens (including phenoxy) is 1. The minimum Gasteiger partial charge on any atom is -0.497 e. The number of halogens is 1. The maximum atomic E-state index is 13.3. The third-order valence-corrected chi connectivity index (χ3v) is 6.37. The number of rotatable bonds is 4. The quantitative estimate of drug-likeness (QED) is 0.824. The summed E-state index contributed by atoms with van der Waals surface area (Å²) in [6.07, 6.45) is 1.68. The lowest BCUT2D eigenvalue weighted by atomic mass is 9.94. The molecule has 2 aliphatic rings. The van der Waals surface area contributed by atoms with E-state index in [0.717, 1.165) is 42.0 Å². The zero-order valence-corrected chi connectivity index (χ0v) is 14.9. The summed E-state index contributed by atoms with van der Waals surface area (Å²) in [5.74, 6) is 1.65. The predicted octanol–water partition coefficient (Wildman–Crippen LogP) is 4.14. The molecule has 5 heteroatoms. The fourth-order valence-electron chi connectivity index (χ4n) is 3.52. The number of hydrogen-bond acceptors (Lipinski definition) is 3. The van der Waals surface area contributed by atoms with E-state index in [1.165, 1.54) is 12.1 Å². The second-order valence-corrected chi connectivity index (χ2v) is 7.77. The van der Waals surface area contributed by atoms with Crippen LogP contribution in [-0.2, 0) is 10.2 Å². The summed E-state index contributed by atoms with van der Waals surface area (Å²) in [6, 6.07) is 14.3. The average molecular weight is 357 g/mol. The van der Waals surface area contributed by atoms with E-state index in [1.54, 1.807) is 31.0 Å². The maximum Gasteiger partial charge on any atom is 0.234 e. The molecule has 1 heterocycles. The van der Waals surface area contributed by atoms with Gasteiger partial charge in [0, 0.05) is 12.3 Å². The number of methoxy groups -OCH3 is 1.